The fraction of sp³-hybridized carbons (Fsp3) is 0.667. The second kappa shape index (κ2) is 5.85. The number of hydrogen-bond donors (Lipinski definition) is 1. The van der Waals surface area contributed by atoms with Gasteiger partial charge in [-0.15, -0.1) is 0 Å². The number of fused-ring (bicyclic) bond motifs is 1. The van der Waals surface area contributed by atoms with E-state index in [9.17, 15) is 4.21 Å². The quantitative estimate of drug-likeness (QED) is 0.927. The van der Waals surface area contributed by atoms with Crippen molar-refractivity contribution in [3.8, 4) is 0 Å². The lowest BCUT2D eigenvalue weighted by Crippen LogP contribution is -2.52. The first kappa shape index (κ1) is 15.2. The first-order chi connectivity index (χ1) is 10.0. The van der Waals surface area contributed by atoms with Gasteiger partial charge < -0.3 is 5.32 Å². The van der Waals surface area contributed by atoms with Crippen molar-refractivity contribution in [2.24, 2.45) is 5.41 Å². The van der Waals surface area contributed by atoms with Crippen LogP contribution >= 0.6 is 0 Å². The third kappa shape index (κ3) is 2.83. The molecule has 0 spiro atoms. The van der Waals surface area contributed by atoms with Gasteiger partial charge in [0.2, 0.25) is 0 Å². The summed E-state index contributed by atoms with van der Waals surface area (Å²) in [6.45, 7) is 4.61. The van der Waals surface area contributed by atoms with Crippen molar-refractivity contribution in [2.75, 3.05) is 7.05 Å². The molecule has 3 heteroatoms. The molecule has 0 radical (unpaired) electrons. The van der Waals surface area contributed by atoms with E-state index in [-0.39, 0.29) is 10.7 Å². The van der Waals surface area contributed by atoms with E-state index >= 15 is 0 Å². The first-order valence-electron chi connectivity index (χ1n) is 8.22. The third-order valence-electron chi connectivity index (χ3n) is 5.41. The van der Waals surface area contributed by atoms with Crippen LogP contribution in [0.2, 0.25) is 0 Å². The number of rotatable bonds is 3. The molecule has 3 unspecified atom stereocenters. The summed E-state index contributed by atoms with van der Waals surface area (Å²) in [7, 11) is 1.12. The highest BCUT2D eigenvalue weighted by Crippen LogP contribution is 2.39. The van der Waals surface area contributed by atoms with Gasteiger partial charge in [0.25, 0.3) is 0 Å². The Kier molecular flexibility index (Phi) is 4.24. The average molecular weight is 305 g/mol. The maximum atomic E-state index is 13.1. The highest BCUT2D eigenvalue weighted by Gasteiger charge is 2.41. The van der Waals surface area contributed by atoms with E-state index in [2.05, 4.69) is 37.4 Å². The monoisotopic (exact) mass is 305 g/mol. The molecule has 3 atom stereocenters. The molecule has 3 rings (SSSR count). The van der Waals surface area contributed by atoms with Crippen molar-refractivity contribution in [1.82, 2.24) is 5.32 Å². The van der Waals surface area contributed by atoms with Crippen molar-refractivity contribution in [1.29, 1.82) is 0 Å². The molecule has 0 aromatic heterocycles. The van der Waals surface area contributed by atoms with Gasteiger partial charge in [-0.05, 0) is 67.8 Å². The van der Waals surface area contributed by atoms with Crippen LogP contribution < -0.4 is 5.32 Å². The van der Waals surface area contributed by atoms with E-state index in [1.165, 1.54) is 36.8 Å². The van der Waals surface area contributed by atoms with Gasteiger partial charge in [-0.1, -0.05) is 26.3 Å². The average Bonchev–Trinajstić information content (AvgIpc) is 2.92. The molecule has 1 saturated carbocycles. The summed E-state index contributed by atoms with van der Waals surface area (Å²) in [6, 6.07) is 6.86. The van der Waals surface area contributed by atoms with Gasteiger partial charge in [0, 0.05) is 10.9 Å². The van der Waals surface area contributed by atoms with Gasteiger partial charge in [-0.25, -0.2) is 0 Å². The molecule has 1 fully saturated rings. The zero-order valence-corrected chi connectivity index (χ0v) is 14.3. The zero-order valence-electron chi connectivity index (χ0n) is 13.4. The van der Waals surface area contributed by atoms with Gasteiger partial charge >= 0.3 is 0 Å². The lowest BCUT2D eigenvalue weighted by Gasteiger charge is -2.43. The molecule has 0 saturated heterocycles. The minimum absolute atomic E-state index is 0.226. The summed E-state index contributed by atoms with van der Waals surface area (Å²) < 4.78 is 13.1. The van der Waals surface area contributed by atoms with Gasteiger partial charge in [-0.3, -0.25) is 4.21 Å². The molecule has 2 aliphatic carbocycles. The largest absolute Gasteiger partial charge is 0.315 e. The zero-order chi connectivity index (χ0) is 15.0. The van der Waals surface area contributed by atoms with E-state index in [0.717, 1.165) is 17.7 Å². The number of aryl methyl sites for hydroxylation is 2. The Labute approximate surface area is 131 Å². The summed E-state index contributed by atoms with van der Waals surface area (Å²) >= 11 is 0. The normalized spacial score (nSPS) is 29.1. The van der Waals surface area contributed by atoms with Gasteiger partial charge in [0.1, 0.15) is 0 Å². The predicted molar refractivity (Wildman–Crippen MR) is 89.1 cm³/mol. The minimum Gasteiger partial charge on any atom is -0.315 e. The van der Waals surface area contributed by atoms with Crippen molar-refractivity contribution < 1.29 is 4.21 Å². The first-order valence-corrected chi connectivity index (χ1v) is 9.44. The van der Waals surface area contributed by atoms with Crippen LogP contribution in [0.15, 0.2) is 23.1 Å². The summed E-state index contributed by atoms with van der Waals surface area (Å²) in [5.74, 6) is 0. The Hall–Kier alpha value is -0.670. The van der Waals surface area contributed by atoms with Crippen molar-refractivity contribution in [2.45, 2.75) is 68.6 Å². The van der Waals surface area contributed by atoms with Crippen LogP contribution in [0.3, 0.4) is 0 Å². The van der Waals surface area contributed by atoms with E-state index in [4.69, 9.17) is 0 Å². The Morgan fingerprint density at radius 3 is 2.71 bits per heavy atom. The topological polar surface area (TPSA) is 29.1 Å². The van der Waals surface area contributed by atoms with Crippen LogP contribution in [0, 0.1) is 5.41 Å². The van der Waals surface area contributed by atoms with E-state index in [1.54, 1.807) is 0 Å². The SMILES string of the molecule is CNC1C(S(=O)c2ccc3c(c2)CCC3)CCCC1(C)C. The van der Waals surface area contributed by atoms with Crippen LogP contribution in [0.4, 0.5) is 0 Å². The highest BCUT2D eigenvalue weighted by atomic mass is 32.2. The summed E-state index contributed by atoms with van der Waals surface area (Å²) in [5.41, 5.74) is 3.12. The molecule has 2 nitrogen and oxygen atoms in total. The van der Waals surface area contributed by atoms with Gasteiger partial charge in [0.05, 0.1) is 16.0 Å². The van der Waals surface area contributed by atoms with Crippen LogP contribution in [0.25, 0.3) is 0 Å². The molecule has 21 heavy (non-hydrogen) atoms. The fourth-order valence-electron chi connectivity index (χ4n) is 4.24. The molecule has 0 aliphatic heterocycles. The number of benzene rings is 1. The molecule has 1 aromatic carbocycles. The maximum Gasteiger partial charge on any atom is 0.0576 e. The summed E-state index contributed by atoms with van der Waals surface area (Å²) in [5, 5.41) is 3.69. The third-order valence-corrected chi connectivity index (χ3v) is 7.19. The second-order valence-electron chi connectivity index (χ2n) is 7.27. The molecule has 0 amide bonds. The van der Waals surface area contributed by atoms with E-state index in [0.29, 0.717) is 6.04 Å². The van der Waals surface area contributed by atoms with Gasteiger partial charge in [0.15, 0.2) is 0 Å². The Morgan fingerprint density at radius 1 is 1.19 bits per heavy atom. The van der Waals surface area contributed by atoms with E-state index in [1.807, 2.05) is 7.05 Å². The molecule has 1 N–H and O–H groups in total. The molecule has 0 bridgehead atoms. The molecule has 1 aromatic rings. The molecule has 0 heterocycles. The number of nitrogens with one attached hydrogen (secondary N) is 1. The maximum absolute atomic E-state index is 13.1. The van der Waals surface area contributed by atoms with Crippen LogP contribution in [-0.4, -0.2) is 22.5 Å². The fourth-order valence-corrected chi connectivity index (χ4v) is 6.18. The second-order valence-corrected chi connectivity index (χ2v) is 8.94. The van der Waals surface area contributed by atoms with Gasteiger partial charge in [-0.2, -0.15) is 0 Å². The highest BCUT2D eigenvalue weighted by molar-refractivity contribution is 7.85. The Morgan fingerprint density at radius 2 is 1.95 bits per heavy atom. The summed E-state index contributed by atoms with van der Waals surface area (Å²) in [6.07, 6.45) is 7.08. The Bertz CT molecular complexity index is 552. The van der Waals surface area contributed by atoms with Crippen LogP contribution in [0.5, 0.6) is 0 Å². The smallest absolute Gasteiger partial charge is 0.0576 e. The molecule has 116 valence electrons. The molecular formula is C18H27NOS. The lowest BCUT2D eigenvalue weighted by atomic mass is 9.73. The van der Waals surface area contributed by atoms with Crippen molar-refractivity contribution in [3.63, 3.8) is 0 Å². The molecular weight excluding hydrogens is 278 g/mol. The predicted octanol–water partition coefficient (Wildman–Crippen LogP) is 3.45. The Balaban J connectivity index is 1.87. The van der Waals surface area contributed by atoms with Crippen molar-refractivity contribution in [3.05, 3.63) is 29.3 Å². The minimum atomic E-state index is -0.901. The van der Waals surface area contributed by atoms with E-state index < -0.39 is 10.8 Å². The lowest BCUT2D eigenvalue weighted by molar-refractivity contribution is 0.180. The van der Waals surface area contributed by atoms with Crippen LogP contribution in [0.1, 0.15) is 50.7 Å². The molecule has 2 aliphatic rings. The summed E-state index contributed by atoms with van der Waals surface area (Å²) in [4.78, 5) is 1.04. The standard InChI is InChI=1S/C18H27NOS/c1-18(2)11-5-8-16(17(18)19-3)21(20)15-10-9-13-6-4-7-14(13)12-15/h9-10,12,16-17,19H,4-8,11H2,1-3H3. The van der Waals surface area contributed by atoms with Crippen LogP contribution in [-0.2, 0) is 23.6 Å². The van der Waals surface area contributed by atoms with Crippen molar-refractivity contribution >= 4 is 10.8 Å². The number of hydrogen-bond acceptors (Lipinski definition) is 2.